The van der Waals surface area contributed by atoms with Crippen LogP contribution in [0.15, 0.2) is 18.2 Å². The van der Waals surface area contributed by atoms with Gasteiger partial charge in [0.05, 0.1) is 22.9 Å². The highest BCUT2D eigenvalue weighted by Crippen LogP contribution is 2.31. The Bertz CT molecular complexity index is 495. The predicted molar refractivity (Wildman–Crippen MR) is 59.5 cm³/mol. The van der Waals surface area contributed by atoms with Gasteiger partial charge in [-0.05, 0) is 24.6 Å². The van der Waals surface area contributed by atoms with E-state index in [9.17, 15) is 13.2 Å². The van der Waals surface area contributed by atoms with Gasteiger partial charge in [-0.15, -0.1) is 0 Å². The van der Waals surface area contributed by atoms with Crippen molar-refractivity contribution in [3.63, 3.8) is 0 Å². The Morgan fingerprint density at radius 3 is 2.50 bits per heavy atom. The molecule has 0 atom stereocenters. The van der Waals surface area contributed by atoms with E-state index < -0.39 is 11.7 Å². The first-order valence-electron chi connectivity index (χ1n) is 5.21. The fourth-order valence-corrected chi connectivity index (χ4v) is 1.36. The van der Waals surface area contributed by atoms with Crippen LogP contribution in [0.1, 0.15) is 24.0 Å². The first kappa shape index (κ1) is 13.9. The number of nitrogens with one attached hydrogen (secondary N) is 1. The number of unbranched alkanes of at least 4 members (excludes halogenated alkanes) is 1. The molecule has 0 unspecified atom stereocenters. The van der Waals surface area contributed by atoms with Gasteiger partial charge in [-0.25, -0.2) is 0 Å². The van der Waals surface area contributed by atoms with Gasteiger partial charge < -0.3 is 5.32 Å². The first-order valence-corrected chi connectivity index (χ1v) is 5.21. The summed E-state index contributed by atoms with van der Waals surface area (Å²) in [5.41, 5.74) is -0.549. The SMILES string of the molecule is N#CCCCNc1ccc(C(F)(F)F)cc1C#N. The number of alkyl halides is 3. The van der Waals surface area contributed by atoms with Crippen LogP contribution in [0.2, 0.25) is 0 Å². The van der Waals surface area contributed by atoms with Gasteiger partial charge in [-0.3, -0.25) is 0 Å². The van der Waals surface area contributed by atoms with Crippen molar-refractivity contribution in [2.24, 2.45) is 0 Å². The summed E-state index contributed by atoms with van der Waals surface area (Å²) in [5, 5.41) is 20.0. The van der Waals surface area contributed by atoms with E-state index in [1.54, 1.807) is 6.07 Å². The van der Waals surface area contributed by atoms with Crippen LogP contribution in [0, 0.1) is 22.7 Å². The quantitative estimate of drug-likeness (QED) is 0.837. The summed E-state index contributed by atoms with van der Waals surface area (Å²) in [6.07, 6.45) is -3.52. The van der Waals surface area contributed by atoms with Crippen LogP contribution in [0.4, 0.5) is 18.9 Å². The van der Waals surface area contributed by atoms with Crippen LogP contribution in [0.3, 0.4) is 0 Å². The van der Waals surface area contributed by atoms with Gasteiger partial charge in [0.2, 0.25) is 0 Å². The number of hydrogen-bond acceptors (Lipinski definition) is 3. The Morgan fingerprint density at radius 1 is 1.22 bits per heavy atom. The molecular weight excluding hydrogens is 243 g/mol. The van der Waals surface area contributed by atoms with Gasteiger partial charge in [0.15, 0.2) is 0 Å². The standard InChI is InChI=1S/C12H10F3N3/c13-12(14,15)10-3-4-11(9(7-10)8-17)18-6-2-1-5-16/h3-4,7,18H,1-2,6H2. The summed E-state index contributed by atoms with van der Waals surface area (Å²) < 4.78 is 37.3. The molecule has 6 heteroatoms. The minimum absolute atomic E-state index is 0.0539. The van der Waals surface area contributed by atoms with Gasteiger partial charge in [0.1, 0.15) is 6.07 Å². The molecule has 1 aromatic carbocycles. The zero-order chi connectivity index (χ0) is 13.6. The molecule has 3 nitrogen and oxygen atoms in total. The minimum atomic E-state index is -4.45. The Morgan fingerprint density at radius 2 is 1.94 bits per heavy atom. The maximum absolute atomic E-state index is 12.4. The molecule has 0 aromatic heterocycles. The van der Waals surface area contributed by atoms with Crippen LogP contribution in [-0.4, -0.2) is 6.54 Å². The molecule has 0 aliphatic heterocycles. The van der Waals surface area contributed by atoms with Crippen LogP contribution >= 0.6 is 0 Å². The van der Waals surface area contributed by atoms with Crippen LogP contribution in [-0.2, 0) is 6.18 Å². The fraction of sp³-hybridized carbons (Fsp3) is 0.333. The lowest BCUT2D eigenvalue weighted by Crippen LogP contribution is -2.08. The Hall–Kier alpha value is -2.21. The molecule has 18 heavy (non-hydrogen) atoms. The number of anilines is 1. The number of hydrogen-bond donors (Lipinski definition) is 1. The number of nitrogens with zero attached hydrogens (tertiary/aromatic N) is 2. The molecule has 0 radical (unpaired) electrons. The third-order valence-electron chi connectivity index (χ3n) is 2.25. The number of rotatable bonds is 4. The van der Waals surface area contributed by atoms with E-state index in [-0.39, 0.29) is 5.56 Å². The molecule has 0 heterocycles. The molecule has 1 rings (SSSR count). The largest absolute Gasteiger partial charge is 0.416 e. The first-order chi connectivity index (χ1) is 8.49. The summed E-state index contributed by atoms with van der Waals surface area (Å²) in [6.45, 7) is 0.438. The van der Waals surface area contributed by atoms with Gasteiger partial charge in [0.25, 0.3) is 0 Å². The van der Waals surface area contributed by atoms with E-state index >= 15 is 0 Å². The molecule has 0 fully saturated rings. The van der Waals surface area contributed by atoms with Crippen LogP contribution < -0.4 is 5.32 Å². The maximum atomic E-state index is 12.4. The molecule has 0 saturated heterocycles. The highest BCUT2D eigenvalue weighted by molar-refractivity contribution is 5.58. The summed E-state index contributed by atoms with van der Waals surface area (Å²) >= 11 is 0. The average molecular weight is 253 g/mol. The Kier molecular flexibility index (Phi) is 4.56. The molecule has 0 spiro atoms. The summed E-state index contributed by atoms with van der Waals surface area (Å²) in [6, 6.07) is 6.65. The lowest BCUT2D eigenvalue weighted by atomic mass is 10.1. The van der Waals surface area contributed by atoms with Crippen molar-refractivity contribution in [3.8, 4) is 12.1 Å². The number of halogens is 3. The molecule has 1 N–H and O–H groups in total. The van der Waals surface area contributed by atoms with Gasteiger partial charge >= 0.3 is 6.18 Å². The van der Waals surface area contributed by atoms with E-state index in [0.29, 0.717) is 25.1 Å². The highest BCUT2D eigenvalue weighted by atomic mass is 19.4. The van der Waals surface area contributed by atoms with E-state index in [1.165, 1.54) is 6.07 Å². The van der Waals surface area contributed by atoms with Crippen LogP contribution in [0.25, 0.3) is 0 Å². The number of nitriles is 2. The van der Waals surface area contributed by atoms with Crippen LogP contribution in [0.5, 0.6) is 0 Å². The molecule has 1 aromatic rings. The maximum Gasteiger partial charge on any atom is 0.416 e. The summed E-state index contributed by atoms with van der Waals surface area (Å²) in [7, 11) is 0. The summed E-state index contributed by atoms with van der Waals surface area (Å²) in [5.74, 6) is 0. The third kappa shape index (κ3) is 3.67. The van der Waals surface area contributed by atoms with Crippen molar-refractivity contribution >= 4 is 5.69 Å². The molecule has 0 saturated carbocycles. The smallest absolute Gasteiger partial charge is 0.384 e. The second kappa shape index (κ2) is 5.92. The fourth-order valence-electron chi connectivity index (χ4n) is 1.36. The minimum Gasteiger partial charge on any atom is -0.384 e. The highest BCUT2D eigenvalue weighted by Gasteiger charge is 2.30. The molecule has 0 amide bonds. The van der Waals surface area contributed by atoms with E-state index in [0.717, 1.165) is 12.1 Å². The second-order valence-corrected chi connectivity index (χ2v) is 3.56. The predicted octanol–water partition coefficient (Wildman–Crippen LogP) is 3.29. The van der Waals surface area contributed by atoms with E-state index in [1.807, 2.05) is 6.07 Å². The molecule has 0 bridgehead atoms. The average Bonchev–Trinajstić information content (AvgIpc) is 2.33. The van der Waals surface area contributed by atoms with E-state index in [2.05, 4.69) is 5.32 Å². The van der Waals surface area contributed by atoms with Gasteiger partial charge in [-0.2, -0.15) is 23.7 Å². The lowest BCUT2D eigenvalue weighted by molar-refractivity contribution is -0.137. The summed E-state index contributed by atoms with van der Waals surface area (Å²) in [4.78, 5) is 0. The topological polar surface area (TPSA) is 59.6 Å². The zero-order valence-corrected chi connectivity index (χ0v) is 9.38. The van der Waals surface area contributed by atoms with Gasteiger partial charge in [0, 0.05) is 13.0 Å². The normalized spacial score (nSPS) is 10.5. The van der Waals surface area contributed by atoms with E-state index in [4.69, 9.17) is 10.5 Å². The zero-order valence-electron chi connectivity index (χ0n) is 9.38. The van der Waals surface area contributed by atoms with Crippen molar-refractivity contribution < 1.29 is 13.2 Å². The van der Waals surface area contributed by atoms with Crippen molar-refractivity contribution in [2.45, 2.75) is 19.0 Å². The molecular formula is C12H10F3N3. The van der Waals surface area contributed by atoms with Crippen molar-refractivity contribution in [1.82, 2.24) is 0 Å². The monoisotopic (exact) mass is 253 g/mol. The molecule has 0 aliphatic carbocycles. The Labute approximate surface area is 102 Å². The van der Waals surface area contributed by atoms with Gasteiger partial charge in [-0.1, -0.05) is 0 Å². The second-order valence-electron chi connectivity index (χ2n) is 3.56. The molecule has 0 aliphatic rings. The van der Waals surface area contributed by atoms with Crippen molar-refractivity contribution in [1.29, 1.82) is 10.5 Å². The lowest BCUT2D eigenvalue weighted by Gasteiger charge is -2.11. The Balaban J connectivity index is 2.83. The van der Waals surface area contributed by atoms with Crippen molar-refractivity contribution in [2.75, 3.05) is 11.9 Å². The molecule has 94 valence electrons. The third-order valence-corrected chi connectivity index (χ3v) is 2.25. The number of benzene rings is 1. The van der Waals surface area contributed by atoms with Crippen molar-refractivity contribution in [3.05, 3.63) is 29.3 Å².